The molecule has 1 amide bonds. The van der Waals surface area contributed by atoms with Crippen LogP contribution in [-0.2, 0) is 6.61 Å². The Bertz CT molecular complexity index is 668. The molecule has 1 aromatic heterocycles. The first kappa shape index (κ1) is 15.6. The molecule has 122 valence electrons. The lowest BCUT2D eigenvalue weighted by atomic mass is 10.1. The van der Waals surface area contributed by atoms with Crippen molar-refractivity contribution in [3.05, 3.63) is 46.8 Å². The number of aromatic nitrogens is 1. The molecule has 0 atom stereocenters. The number of hydrogen-bond acceptors (Lipinski definition) is 4. The highest BCUT2D eigenvalue weighted by Gasteiger charge is 2.18. The molecule has 1 saturated carbocycles. The SMILES string of the molecule is Cc1noc(C)c1COc1cccc(C(=O)NC2CCCC2)c1. The topological polar surface area (TPSA) is 64.4 Å². The molecule has 3 rings (SSSR count). The summed E-state index contributed by atoms with van der Waals surface area (Å²) in [5.74, 6) is 1.40. The second-order valence-electron chi connectivity index (χ2n) is 6.07. The van der Waals surface area contributed by atoms with Crippen LogP contribution >= 0.6 is 0 Å². The minimum atomic E-state index is -0.0281. The number of hydrogen-bond donors (Lipinski definition) is 1. The molecule has 1 aromatic carbocycles. The lowest BCUT2D eigenvalue weighted by molar-refractivity contribution is 0.0937. The second-order valence-corrected chi connectivity index (χ2v) is 6.07. The van der Waals surface area contributed by atoms with Crippen molar-refractivity contribution in [1.82, 2.24) is 10.5 Å². The summed E-state index contributed by atoms with van der Waals surface area (Å²) in [6.45, 7) is 4.14. The normalized spacial score (nSPS) is 14.9. The van der Waals surface area contributed by atoms with Crippen molar-refractivity contribution in [1.29, 1.82) is 0 Å². The van der Waals surface area contributed by atoms with Crippen molar-refractivity contribution in [2.45, 2.75) is 52.2 Å². The fraction of sp³-hybridized carbons (Fsp3) is 0.444. The van der Waals surface area contributed by atoms with Crippen LogP contribution in [0.2, 0.25) is 0 Å². The molecule has 23 heavy (non-hydrogen) atoms. The van der Waals surface area contributed by atoms with E-state index >= 15 is 0 Å². The Morgan fingerprint density at radius 1 is 1.35 bits per heavy atom. The summed E-state index contributed by atoms with van der Waals surface area (Å²) in [6, 6.07) is 7.60. The minimum absolute atomic E-state index is 0.0281. The number of ether oxygens (including phenoxy) is 1. The molecule has 5 heteroatoms. The Morgan fingerprint density at radius 2 is 2.13 bits per heavy atom. The molecule has 0 unspecified atom stereocenters. The maximum absolute atomic E-state index is 12.3. The van der Waals surface area contributed by atoms with E-state index in [1.165, 1.54) is 12.8 Å². The van der Waals surface area contributed by atoms with E-state index in [0.29, 0.717) is 24.0 Å². The highest BCUT2D eigenvalue weighted by molar-refractivity contribution is 5.94. The zero-order chi connectivity index (χ0) is 16.2. The molecule has 0 bridgehead atoms. The van der Waals surface area contributed by atoms with Gasteiger partial charge in [0.2, 0.25) is 0 Å². The average Bonchev–Trinajstić information content (AvgIpc) is 3.16. The third-order valence-corrected chi connectivity index (χ3v) is 4.35. The van der Waals surface area contributed by atoms with Gasteiger partial charge in [-0.3, -0.25) is 4.79 Å². The van der Waals surface area contributed by atoms with E-state index in [-0.39, 0.29) is 5.91 Å². The van der Waals surface area contributed by atoms with Gasteiger partial charge in [0, 0.05) is 11.6 Å². The van der Waals surface area contributed by atoms with E-state index in [1.807, 2.05) is 32.0 Å². The van der Waals surface area contributed by atoms with Crippen molar-refractivity contribution in [2.24, 2.45) is 0 Å². The maximum Gasteiger partial charge on any atom is 0.251 e. The molecular weight excluding hydrogens is 292 g/mol. The lowest BCUT2D eigenvalue weighted by Crippen LogP contribution is -2.32. The molecule has 2 aromatic rings. The summed E-state index contributed by atoms with van der Waals surface area (Å²) < 4.78 is 10.9. The van der Waals surface area contributed by atoms with Crippen LogP contribution in [0.1, 0.15) is 53.1 Å². The Kier molecular flexibility index (Phi) is 4.65. The van der Waals surface area contributed by atoms with Crippen LogP contribution in [0.25, 0.3) is 0 Å². The predicted molar refractivity (Wildman–Crippen MR) is 86.5 cm³/mol. The van der Waals surface area contributed by atoms with Gasteiger partial charge >= 0.3 is 0 Å². The van der Waals surface area contributed by atoms with Crippen LogP contribution in [0.5, 0.6) is 5.75 Å². The largest absolute Gasteiger partial charge is 0.489 e. The van der Waals surface area contributed by atoms with E-state index in [0.717, 1.165) is 29.9 Å². The number of benzene rings is 1. The summed E-state index contributed by atoms with van der Waals surface area (Å²) in [7, 11) is 0. The summed E-state index contributed by atoms with van der Waals surface area (Å²) >= 11 is 0. The van der Waals surface area contributed by atoms with Crippen LogP contribution in [-0.4, -0.2) is 17.1 Å². The van der Waals surface area contributed by atoms with Gasteiger partial charge in [-0.25, -0.2) is 0 Å². The first-order valence-electron chi connectivity index (χ1n) is 8.09. The number of nitrogens with one attached hydrogen (secondary N) is 1. The van der Waals surface area contributed by atoms with E-state index in [4.69, 9.17) is 9.26 Å². The Morgan fingerprint density at radius 3 is 2.83 bits per heavy atom. The number of nitrogens with zero attached hydrogens (tertiary/aromatic N) is 1. The summed E-state index contributed by atoms with van der Waals surface area (Å²) in [4.78, 5) is 12.3. The molecule has 0 spiro atoms. The van der Waals surface area contributed by atoms with Crippen molar-refractivity contribution < 1.29 is 14.1 Å². The van der Waals surface area contributed by atoms with Gasteiger partial charge < -0.3 is 14.6 Å². The van der Waals surface area contributed by atoms with Crippen LogP contribution < -0.4 is 10.1 Å². The van der Waals surface area contributed by atoms with Gasteiger partial charge in [0.15, 0.2) is 0 Å². The maximum atomic E-state index is 12.3. The highest BCUT2D eigenvalue weighted by atomic mass is 16.5. The molecule has 1 fully saturated rings. The van der Waals surface area contributed by atoms with E-state index in [1.54, 1.807) is 6.07 Å². The van der Waals surface area contributed by atoms with Crippen molar-refractivity contribution >= 4 is 5.91 Å². The quantitative estimate of drug-likeness (QED) is 0.916. The average molecular weight is 314 g/mol. The van der Waals surface area contributed by atoms with Crippen LogP contribution in [0.4, 0.5) is 0 Å². The summed E-state index contributed by atoms with van der Waals surface area (Å²) in [6.07, 6.45) is 4.55. The summed E-state index contributed by atoms with van der Waals surface area (Å²) in [5.41, 5.74) is 2.41. The molecule has 1 heterocycles. The van der Waals surface area contributed by atoms with E-state index < -0.39 is 0 Å². The van der Waals surface area contributed by atoms with Gasteiger partial charge in [-0.1, -0.05) is 24.1 Å². The molecule has 1 aliphatic carbocycles. The van der Waals surface area contributed by atoms with Gasteiger partial charge in [-0.2, -0.15) is 0 Å². The number of carbonyl (C=O) groups is 1. The van der Waals surface area contributed by atoms with Crippen molar-refractivity contribution in [2.75, 3.05) is 0 Å². The molecule has 0 saturated heterocycles. The zero-order valence-electron chi connectivity index (χ0n) is 13.6. The first-order valence-corrected chi connectivity index (χ1v) is 8.09. The summed E-state index contributed by atoms with van der Waals surface area (Å²) in [5, 5.41) is 7.00. The molecular formula is C18H22N2O3. The van der Waals surface area contributed by atoms with Gasteiger partial charge in [0.05, 0.1) is 11.3 Å². The molecule has 5 nitrogen and oxygen atoms in total. The zero-order valence-corrected chi connectivity index (χ0v) is 13.6. The Hall–Kier alpha value is -2.30. The molecule has 1 N–H and O–H groups in total. The van der Waals surface area contributed by atoms with Crippen LogP contribution in [0.15, 0.2) is 28.8 Å². The van der Waals surface area contributed by atoms with Crippen molar-refractivity contribution in [3.63, 3.8) is 0 Å². The fourth-order valence-electron chi connectivity index (χ4n) is 2.93. The van der Waals surface area contributed by atoms with Gasteiger partial charge in [0.25, 0.3) is 5.91 Å². The Balaban J connectivity index is 1.63. The highest BCUT2D eigenvalue weighted by Crippen LogP contribution is 2.20. The molecule has 0 radical (unpaired) electrons. The van der Waals surface area contributed by atoms with E-state index in [9.17, 15) is 4.79 Å². The third-order valence-electron chi connectivity index (χ3n) is 4.35. The minimum Gasteiger partial charge on any atom is -0.489 e. The molecule has 0 aliphatic heterocycles. The standard InChI is InChI=1S/C18H22N2O3/c1-12-17(13(2)23-20-12)11-22-16-9-5-6-14(10-16)18(21)19-15-7-3-4-8-15/h5-6,9-10,15H,3-4,7-8,11H2,1-2H3,(H,19,21). The predicted octanol–water partition coefficient (Wildman–Crippen LogP) is 3.54. The monoisotopic (exact) mass is 314 g/mol. The van der Waals surface area contributed by atoms with Crippen LogP contribution in [0.3, 0.4) is 0 Å². The second kappa shape index (κ2) is 6.86. The number of amides is 1. The number of carbonyl (C=O) groups excluding carboxylic acids is 1. The van der Waals surface area contributed by atoms with Gasteiger partial charge in [-0.15, -0.1) is 0 Å². The van der Waals surface area contributed by atoms with Gasteiger partial charge in [-0.05, 0) is 44.9 Å². The van der Waals surface area contributed by atoms with Gasteiger partial charge in [0.1, 0.15) is 18.1 Å². The third kappa shape index (κ3) is 3.73. The fourth-order valence-corrected chi connectivity index (χ4v) is 2.93. The van der Waals surface area contributed by atoms with Crippen molar-refractivity contribution in [3.8, 4) is 5.75 Å². The Labute approximate surface area is 136 Å². The molecule has 1 aliphatic rings. The smallest absolute Gasteiger partial charge is 0.251 e. The first-order chi connectivity index (χ1) is 11.1. The van der Waals surface area contributed by atoms with Crippen LogP contribution in [0, 0.1) is 13.8 Å². The number of aryl methyl sites for hydroxylation is 2. The number of rotatable bonds is 5. The lowest BCUT2D eigenvalue weighted by Gasteiger charge is -2.12. The van der Waals surface area contributed by atoms with E-state index in [2.05, 4.69) is 10.5 Å².